The van der Waals surface area contributed by atoms with E-state index in [-0.39, 0.29) is 0 Å². The van der Waals surface area contributed by atoms with E-state index in [4.69, 9.17) is 4.74 Å². The Kier molecular flexibility index (Phi) is 4.00. The largest absolute Gasteiger partial charge is 0.376 e. The van der Waals surface area contributed by atoms with Gasteiger partial charge >= 0.3 is 0 Å². The van der Waals surface area contributed by atoms with Crippen molar-refractivity contribution in [3.05, 3.63) is 0 Å². The molecule has 0 bridgehead atoms. The van der Waals surface area contributed by atoms with Crippen LogP contribution < -0.4 is 5.32 Å². The molecule has 0 aromatic carbocycles. The quantitative estimate of drug-likeness (QED) is 0.745. The van der Waals surface area contributed by atoms with Crippen molar-refractivity contribution in [3.63, 3.8) is 0 Å². The highest BCUT2D eigenvalue weighted by molar-refractivity contribution is 4.84. The summed E-state index contributed by atoms with van der Waals surface area (Å²) in [6, 6.07) is 1.48. The number of hydrogen-bond acceptors (Lipinski definition) is 3. The predicted molar refractivity (Wildman–Crippen MR) is 62.1 cm³/mol. The van der Waals surface area contributed by atoms with E-state index in [2.05, 4.69) is 24.1 Å². The van der Waals surface area contributed by atoms with Gasteiger partial charge in [-0.3, -0.25) is 4.90 Å². The summed E-state index contributed by atoms with van der Waals surface area (Å²) >= 11 is 0. The number of piperidine rings is 1. The van der Waals surface area contributed by atoms with Crippen molar-refractivity contribution in [1.82, 2.24) is 10.2 Å². The molecule has 0 spiro atoms. The zero-order valence-corrected chi connectivity index (χ0v) is 10.0. The average Bonchev–Trinajstić information content (AvgIpc) is 2.29. The lowest BCUT2D eigenvalue weighted by Gasteiger charge is -2.41. The lowest BCUT2D eigenvalue weighted by atomic mass is 9.98. The Balaban J connectivity index is 1.86. The van der Waals surface area contributed by atoms with Gasteiger partial charge < -0.3 is 10.1 Å². The van der Waals surface area contributed by atoms with Gasteiger partial charge in [-0.15, -0.1) is 0 Å². The molecule has 0 amide bonds. The number of nitrogens with one attached hydrogen (secondary N) is 1. The van der Waals surface area contributed by atoms with Crippen molar-refractivity contribution in [3.8, 4) is 0 Å². The van der Waals surface area contributed by atoms with Gasteiger partial charge in [0.25, 0.3) is 0 Å². The van der Waals surface area contributed by atoms with Gasteiger partial charge in [0.05, 0.1) is 12.7 Å². The zero-order valence-electron chi connectivity index (χ0n) is 10.0. The molecule has 0 aliphatic carbocycles. The first-order valence-corrected chi connectivity index (χ1v) is 6.38. The van der Waals surface area contributed by atoms with Crippen LogP contribution in [0.1, 0.15) is 33.1 Å². The fourth-order valence-corrected chi connectivity index (χ4v) is 2.76. The first-order valence-electron chi connectivity index (χ1n) is 6.38. The van der Waals surface area contributed by atoms with Gasteiger partial charge in [-0.25, -0.2) is 0 Å². The minimum Gasteiger partial charge on any atom is -0.376 e. The monoisotopic (exact) mass is 212 g/mol. The van der Waals surface area contributed by atoms with Gasteiger partial charge in [-0.05, 0) is 32.7 Å². The molecule has 2 saturated heterocycles. The second-order valence-corrected chi connectivity index (χ2v) is 4.93. The van der Waals surface area contributed by atoms with E-state index in [1.54, 1.807) is 0 Å². The van der Waals surface area contributed by atoms with Crippen molar-refractivity contribution in [2.75, 3.05) is 26.2 Å². The molecule has 0 aromatic heterocycles. The second-order valence-electron chi connectivity index (χ2n) is 4.93. The molecule has 1 N–H and O–H groups in total. The van der Waals surface area contributed by atoms with E-state index in [9.17, 15) is 0 Å². The molecule has 3 unspecified atom stereocenters. The summed E-state index contributed by atoms with van der Waals surface area (Å²) in [4.78, 5) is 2.65. The third kappa shape index (κ3) is 2.92. The standard InChI is InChI=1S/C12H24N2O/c1-3-12-9-14(6-7-15-12)11-4-5-13-10(2)8-11/h10-13H,3-9H2,1-2H3. The normalized spacial score (nSPS) is 39.2. The first-order chi connectivity index (χ1) is 7.29. The smallest absolute Gasteiger partial charge is 0.0700 e. The van der Waals surface area contributed by atoms with Gasteiger partial charge in [0.2, 0.25) is 0 Å². The molecule has 3 atom stereocenters. The summed E-state index contributed by atoms with van der Waals surface area (Å²) in [5, 5.41) is 3.52. The van der Waals surface area contributed by atoms with Crippen molar-refractivity contribution >= 4 is 0 Å². The van der Waals surface area contributed by atoms with Crippen molar-refractivity contribution in [1.29, 1.82) is 0 Å². The maximum atomic E-state index is 5.72. The zero-order chi connectivity index (χ0) is 10.7. The lowest BCUT2D eigenvalue weighted by Crippen LogP contribution is -2.52. The van der Waals surface area contributed by atoms with Crippen LogP contribution in [0.25, 0.3) is 0 Å². The Morgan fingerprint density at radius 3 is 3.07 bits per heavy atom. The SMILES string of the molecule is CCC1CN(C2CCNC(C)C2)CCO1. The van der Waals surface area contributed by atoms with E-state index in [0.717, 1.165) is 32.2 Å². The third-order valence-corrected chi connectivity index (χ3v) is 3.74. The molecule has 2 rings (SSSR count). The first kappa shape index (κ1) is 11.4. The van der Waals surface area contributed by atoms with Gasteiger partial charge in [0.15, 0.2) is 0 Å². The summed E-state index contributed by atoms with van der Waals surface area (Å²) in [7, 11) is 0. The van der Waals surface area contributed by atoms with Crippen molar-refractivity contribution in [2.45, 2.75) is 51.3 Å². The Morgan fingerprint density at radius 1 is 1.47 bits per heavy atom. The molecule has 0 aromatic rings. The second kappa shape index (κ2) is 5.28. The number of nitrogens with zero attached hydrogens (tertiary/aromatic N) is 1. The van der Waals surface area contributed by atoms with E-state index >= 15 is 0 Å². The Hall–Kier alpha value is -0.120. The van der Waals surface area contributed by atoms with Gasteiger partial charge in [0.1, 0.15) is 0 Å². The van der Waals surface area contributed by atoms with Crippen molar-refractivity contribution < 1.29 is 4.74 Å². The van der Waals surface area contributed by atoms with Crippen LogP contribution >= 0.6 is 0 Å². The minimum absolute atomic E-state index is 0.476. The fourth-order valence-electron chi connectivity index (χ4n) is 2.76. The Morgan fingerprint density at radius 2 is 2.33 bits per heavy atom. The van der Waals surface area contributed by atoms with Crippen LogP contribution in [0, 0.1) is 0 Å². The van der Waals surface area contributed by atoms with Crippen LogP contribution in [0.3, 0.4) is 0 Å². The van der Waals surface area contributed by atoms with E-state index in [1.807, 2.05) is 0 Å². The van der Waals surface area contributed by atoms with Gasteiger partial charge in [-0.2, -0.15) is 0 Å². The maximum absolute atomic E-state index is 5.72. The van der Waals surface area contributed by atoms with E-state index in [1.165, 1.54) is 19.4 Å². The summed E-state index contributed by atoms with van der Waals surface area (Å²) in [5.41, 5.74) is 0. The van der Waals surface area contributed by atoms with Crippen LogP contribution in [0.4, 0.5) is 0 Å². The average molecular weight is 212 g/mol. The lowest BCUT2D eigenvalue weighted by molar-refractivity contribution is -0.0499. The number of morpholine rings is 1. The highest BCUT2D eigenvalue weighted by Crippen LogP contribution is 2.19. The van der Waals surface area contributed by atoms with Crippen molar-refractivity contribution in [2.24, 2.45) is 0 Å². The molecule has 2 aliphatic heterocycles. The van der Waals surface area contributed by atoms with Gasteiger partial charge in [0, 0.05) is 25.2 Å². The van der Waals surface area contributed by atoms with Crippen LogP contribution in [-0.2, 0) is 4.74 Å². The predicted octanol–water partition coefficient (Wildman–Crippen LogP) is 1.24. The fraction of sp³-hybridized carbons (Fsp3) is 1.00. The Bertz CT molecular complexity index is 198. The van der Waals surface area contributed by atoms with Gasteiger partial charge in [-0.1, -0.05) is 6.92 Å². The maximum Gasteiger partial charge on any atom is 0.0700 e. The van der Waals surface area contributed by atoms with E-state index in [0.29, 0.717) is 12.1 Å². The number of hydrogen-bond donors (Lipinski definition) is 1. The minimum atomic E-state index is 0.476. The molecule has 88 valence electrons. The topological polar surface area (TPSA) is 24.5 Å². The van der Waals surface area contributed by atoms with E-state index < -0.39 is 0 Å². The third-order valence-electron chi connectivity index (χ3n) is 3.74. The van der Waals surface area contributed by atoms with Crippen LogP contribution in [0.15, 0.2) is 0 Å². The van der Waals surface area contributed by atoms with Crippen LogP contribution in [0.2, 0.25) is 0 Å². The molecule has 3 heteroatoms. The molecule has 3 nitrogen and oxygen atoms in total. The number of ether oxygens (including phenoxy) is 1. The summed E-state index contributed by atoms with van der Waals surface area (Å²) < 4.78 is 5.72. The molecule has 2 heterocycles. The molecule has 2 fully saturated rings. The van der Waals surface area contributed by atoms with Crippen LogP contribution in [-0.4, -0.2) is 49.3 Å². The Labute approximate surface area is 93.2 Å². The highest BCUT2D eigenvalue weighted by atomic mass is 16.5. The molecular formula is C12H24N2O. The summed E-state index contributed by atoms with van der Waals surface area (Å²) in [5.74, 6) is 0. The number of rotatable bonds is 2. The molecule has 0 radical (unpaired) electrons. The summed E-state index contributed by atoms with van der Waals surface area (Å²) in [6.07, 6.45) is 4.23. The molecule has 2 aliphatic rings. The molecular weight excluding hydrogens is 188 g/mol. The highest BCUT2D eigenvalue weighted by Gasteiger charge is 2.28. The molecule has 15 heavy (non-hydrogen) atoms. The summed E-state index contributed by atoms with van der Waals surface area (Å²) in [6.45, 7) is 8.90. The molecule has 0 saturated carbocycles. The van der Waals surface area contributed by atoms with Crippen LogP contribution in [0.5, 0.6) is 0 Å².